The van der Waals surface area contributed by atoms with Crippen molar-refractivity contribution in [2.75, 3.05) is 74.5 Å². The van der Waals surface area contributed by atoms with Gasteiger partial charge >= 0.3 is 30.2 Å². The van der Waals surface area contributed by atoms with Gasteiger partial charge < -0.3 is 49.1 Å². The van der Waals surface area contributed by atoms with E-state index in [-0.39, 0.29) is 31.6 Å². The summed E-state index contributed by atoms with van der Waals surface area (Å²) in [5.74, 6) is -2.15. The molecule has 3 heterocycles. The largest absolute Gasteiger partial charge is 0.469 e. The van der Waals surface area contributed by atoms with E-state index in [9.17, 15) is 28.8 Å². The zero-order valence-corrected chi connectivity index (χ0v) is 34.0. The number of rotatable bonds is 16. The molecule has 5 rings (SSSR count). The number of hydrogen-bond acceptors (Lipinski definition) is 14. The smallest absolute Gasteiger partial charge is 0.418 e. The van der Waals surface area contributed by atoms with E-state index in [1.54, 1.807) is 30.6 Å². The molecule has 0 bridgehead atoms. The molecule has 2 aromatic heterocycles. The fraction of sp³-hybridized carbons (Fsp3) is 0.463. The third kappa shape index (κ3) is 11.8. The van der Waals surface area contributed by atoms with Gasteiger partial charge in [0.1, 0.15) is 0 Å². The normalized spacial score (nSPS) is 14.5. The summed E-state index contributed by atoms with van der Waals surface area (Å²) < 4.78 is 38.6. The molecule has 18 nitrogen and oxygen atoms in total. The van der Waals surface area contributed by atoms with Crippen LogP contribution in [0.25, 0.3) is 21.8 Å². The number of carbonyl (C=O) groups excluding carboxylic acids is 6. The van der Waals surface area contributed by atoms with Crippen molar-refractivity contribution < 1.29 is 61.9 Å². The molecule has 1 aliphatic rings. The molecule has 59 heavy (non-hydrogen) atoms. The van der Waals surface area contributed by atoms with Gasteiger partial charge in [-0.2, -0.15) is 0 Å². The quantitative estimate of drug-likeness (QED) is 0.0904. The van der Waals surface area contributed by atoms with E-state index in [1.165, 1.54) is 49.4 Å². The van der Waals surface area contributed by atoms with Gasteiger partial charge in [0.25, 0.3) is 0 Å². The molecule has 1 aliphatic heterocycles. The summed E-state index contributed by atoms with van der Waals surface area (Å²) in [6, 6.07) is 14.6. The highest BCUT2D eigenvalue weighted by Gasteiger charge is 2.30. The first kappa shape index (κ1) is 45.7. The van der Waals surface area contributed by atoms with Gasteiger partial charge in [-0.1, -0.05) is 36.4 Å². The van der Waals surface area contributed by atoms with E-state index in [0.717, 1.165) is 17.2 Å². The molecule has 1 fully saturated rings. The number of esters is 2. The molecule has 2 amide bonds. The van der Waals surface area contributed by atoms with Crippen molar-refractivity contribution in [3.8, 4) is 0 Å². The molecule has 2 aromatic carbocycles. The lowest BCUT2D eigenvalue weighted by atomic mass is 9.95. The Kier molecular flexibility index (Phi) is 17.7. The summed E-state index contributed by atoms with van der Waals surface area (Å²) >= 11 is 0. The summed E-state index contributed by atoms with van der Waals surface area (Å²) in [6.07, 6.45) is 3.13. The number of alkyl carbamates (subject to hydrolysis) is 1. The van der Waals surface area contributed by atoms with Crippen LogP contribution in [0, 0.1) is 0 Å². The van der Waals surface area contributed by atoms with Crippen molar-refractivity contribution in [1.82, 2.24) is 19.4 Å². The third-order valence-corrected chi connectivity index (χ3v) is 9.68. The van der Waals surface area contributed by atoms with Crippen LogP contribution >= 0.6 is 0 Å². The van der Waals surface area contributed by atoms with Crippen molar-refractivity contribution in [3.63, 3.8) is 0 Å². The minimum absolute atomic E-state index is 0.126. The number of aromatic nitrogens is 2. The van der Waals surface area contributed by atoms with Gasteiger partial charge in [0.15, 0.2) is 6.23 Å². The van der Waals surface area contributed by atoms with Crippen molar-refractivity contribution in [2.24, 2.45) is 5.73 Å². The van der Waals surface area contributed by atoms with Crippen LogP contribution in [0.4, 0.5) is 14.4 Å². The average Bonchev–Trinajstić information content (AvgIpc) is 3.99. The highest BCUT2D eigenvalue weighted by atomic mass is 16.6. The van der Waals surface area contributed by atoms with Gasteiger partial charge in [-0.25, -0.2) is 14.4 Å². The standard InChI is InChI=1S/C24H31N3O8.C17H22N2O5/c1-16(28)26-12-6-9-21(26)35-23(30)25-11-14-34-13-10-18(22(29)32-2)19-15-27(24(31)33-3)20-8-5-4-7-17(19)20;1-22-16(20)13(7-9-24-10-8-18)14-11-19(17(21)23-2)15-6-4-3-5-12(14)15/h4-5,7-8,15,18,21H,6,9-14H2,1-3H3,(H,25,30);3-6,11,13H,7-10,18H2,1-2H3. The number of para-hydroxylation sites is 2. The Balaban J connectivity index is 0.000000280. The molecule has 3 unspecified atom stereocenters. The molecule has 3 N–H and O–H groups in total. The summed E-state index contributed by atoms with van der Waals surface area (Å²) in [5, 5.41) is 4.14. The van der Waals surface area contributed by atoms with Gasteiger partial charge in [-0.05, 0) is 42.5 Å². The fourth-order valence-corrected chi connectivity index (χ4v) is 6.85. The van der Waals surface area contributed by atoms with Crippen LogP contribution < -0.4 is 11.1 Å². The molecular weight excluding hydrogens is 770 g/mol. The number of carbonyl (C=O) groups is 6. The predicted molar refractivity (Wildman–Crippen MR) is 214 cm³/mol. The first-order chi connectivity index (χ1) is 28.5. The predicted octanol–water partition coefficient (Wildman–Crippen LogP) is 4.49. The molecule has 0 radical (unpaired) electrons. The lowest BCUT2D eigenvalue weighted by Crippen LogP contribution is -2.40. The van der Waals surface area contributed by atoms with Gasteiger partial charge in [0.2, 0.25) is 5.91 Å². The maximum absolute atomic E-state index is 12.5. The molecule has 0 aliphatic carbocycles. The summed E-state index contributed by atoms with van der Waals surface area (Å²) in [4.78, 5) is 74.0. The van der Waals surface area contributed by atoms with Crippen LogP contribution in [0.2, 0.25) is 0 Å². The highest BCUT2D eigenvalue weighted by molar-refractivity contribution is 5.96. The van der Waals surface area contributed by atoms with E-state index >= 15 is 0 Å². The van der Waals surface area contributed by atoms with Gasteiger partial charge in [-0.3, -0.25) is 23.5 Å². The molecule has 1 saturated heterocycles. The Labute approximate surface area is 341 Å². The highest BCUT2D eigenvalue weighted by Crippen LogP contribution is 2.32. The van der Waals surface area contributed by atoms with E-state index in [2.05, 4.69) is 5.32 Å². The summed E-state index contributed by atoms with van der Waals surface area (Å²) in [6.45, 7) is 3.87. The molecule has 320 valence electrons. The van der Waals surface area contributed by atoms with E-state index < -0.39 is 42.3 Å². The second kappa shape index (κ2) is 22.8. The van der Waals surface area contributed by atoms with Crippen LogP contribution in [0.15, 0.2) is 60.9 Å². The molecule has 4 aromatic rings. The molecule has 0 saturated carbocycles. The Hall–Kier alpha value is -5.98. The van der Waals surface area contributed by atoms with Crippen LogP contribution in [0.3, 0.4) is 0 Å². The number of likely N-dealkylation sites (tertiary alicyclic amines) is 1. The average molecular weight is 824 g/mol. The number of hydrogen-bond donors (Lipinski definition) is 2. The molecule has 3 atom stereocenters. The number of fused-ring (bicyclic) bond motifs is 2. The first-order valence-electron chi connectivity index (χ1n) is 19.1. The van der Waals surface area contributed by atoms with Crippen LogP contribution in [0.5, 0.6) is 0 Å². The second-order valence-corrected chi connectivity index (χ2v) is 13.3. The van der Waals surface area contributed by atoms with Crippen LogP contribution in [-0.4, -0.2) is 131 Å². The lowest BCUT2D eigenvalue weighted by Gasteiger charge is -2.23. The van der Waals surface area contributed by atoms with Crippen LogP contribution in [0.1, 0.15) is 55.6 Å². The van der Waals surface area contributed by atoms with Crippen molar-refractivity contribution in [1.29, 1.82) is 0 Å². The first-order valence-corrected chi connectivity index (χ1v) is 19.1. The SMILES string of the molecule is COC(=O)C(CCOCCN)c1cn(C(=O)OC)c2ccccc12.COC(=O)C(CCOCCNC(=O)OC1CCCN1C(C)=O)c1cn(C(=O)OC)c2ccccc12. The van der Waals surface area contributed by atoms with Gasteiger partial charge in [-0.15, -0.1) is 0 Å². The molecule has 0 spiro atoms. The van der Waals surface area contributed by atoms with Crippen LogP contribution in [-0.2, 0) is 47.5 Å². The molecular formula is C41H53N5O13. The minimum atomic E-state index is -0.659. The number of amides is 2. The van der Waals surface area contributed by atoms with Crippen molar-refractivity contribution >= 4 is 57.9 Å². The second-order valence-electron chi connectivity index (χ2n) is 13.3. The zero-order valence-electron chi connectivity index (χ0n) is 34.0. The zero-order chi connectivity index (χ0) is 42.9. The Morgan fingerprint density at radius 3 is 1.66 bits per heavy atom. The number of ether oxygens (including phenoxy) is 7. The maximum Gasteiger partial charge on any atom is 0.418 e. The monoisotopic (exact) mass is 823 g/mol. The van der Waals surface area contributed by atoms with E-state index in [0.29, 0.717) is 67.7 Å². The summed E-state index contributed by atoms with van der Waals surface area (Å²) in [7, 11) is 5.26. The fourth-order valence-electron chi connectivity index (χ4n) is 6.85. The summed E-state index contributed by atoms with van der Waals surface area (Å²) in [5.41, 5.74) is 8.04. The van der Waals surface area contributed by atoms with Gasteiger partial charge in [0.05, 0.1) is 64.5 Å². The topological polar surface area (TPSA) is 218 Å². The lowest BCUT2D eigenvalue weighted by molar-refractivity contribution is -0.143. The van der Waals surface area contributed by atoms with Crippen molar-refractivity contribution in [3.05, 3.63) is 72.1 Å². The van der Waals surface area contributed by atoms with Gasteiger partial charge in [0, 0.05) is 69.4 Å². The number of nitrogens with zero attached hydrogens (tertiary/aromatic N) is 3. The third-order valence-electron chi connectivity index (χ3n) is 9.68. The van der Waals surface area contributed by atoms with Crippen molar-refractivity contribution in [2.45, 2.75) is 50.7 Å². The Morgan fingerprint density at radius 1 is 0.712 bits per heavy atom. The Bertz CT molecular complexity index is 2060. The number of nitrogens with one attached hydrogen (secondary N) is 1. The molecule has 18 heteroatoms. The minimum Gasteiger partial charge on any atom is -0.469 e. The number of nitrogens with two attached hydrogens (primary N) is 1. The van der Waals surface area contributed by atoms with E-state index in [1.807, 2.05) is 30.3 Å². The van der Waals surface area contributed by atoms with E-state index in [4.69, 9.17) is 38.9 Å². The number of benzene rings is 2. The number of methoxy groups -OCH3 is 4. The maximum atomic E-state index is 12.5. The Morgan fingerprint density at radius 2 is 1.20 bits per heavy atom.